The van der Waals surface area contributed by atoms with Gasteiger partial charge in [0.25, 0.3) is 0 Å². The molecule has 1 aromatic heterocycles. The van der Waals surface area contributed by atoms with Crippen molar-refractivity contribution in [1.82, 2.24) is 10.3 Å². The Morgan fingerprint density at radius 3 is 2.61 bits per heavy atom. The highest BCUT2D eigenvalue weighted by Gasteiger charge is 2.05. The summed E-state index contributed by atoms with van der Waals surface area (Å²) in [4.78, 5) is 4.00. The summed E-state index contributed by atoms with van der Waals surface area (Å²) in [5, 5.41) is 3.41. The van der Waals surface area contributed by atoms with Crippen molar-refractivity contribution in [3.63, 3.8) is 0 Å². The van der Waals surface area contributed by atoms with Gasteiger partial charge in [0.1, 0.15) is 5.82 Å². The molecule has 0 aliphatic carbocycles. The number of hydrogen-bond acceptors (Lipinski definition) is 2. The summed E-state index contributed by atoms with van der Waals surface area (Å²) in [7, 11) is 0. The van der Waals surface area contributed by atoms with Crippen molar-refractivity contribution in [2.75, 3.05) is 0 Å². The van der Waals surface area contributed by atoms with Gasteiger partial charge in [-0.25, -0.2) is 4.39 Å². The molecule has 1 atom stereocenters. The molecule has 1 heterocycles. The van der Waals surface area contributed by atoms with Crippen molar-refractivity contribution in [2.24, 2.45) is 0 Å². The lowest BCUT2D eigenvalue weighted by atomic mass is 10.1. The third-order valence-electron chi connectivity index (χ3n) is 3.04. The van der Waals surface area contributed by atoms with E-state index in [9.17, 15) is 4.39 Å². The number of nitrogens with zero attached hydrogens (tertiary/aromatic N) is 1. The number of halogens is 1. The van der Waals surface area contributed by atoms with Crippen LogP contribution in [-0.2, 0) is 6.54 Å². The maximum Gasteiger partial charge on any atom is 0.126 e. The number of rotatable bonds is 4. The number of benzene rings is 1. The van der Waals surface area contributed by atoms with E-state index in [2.05, 4.69) is 17.2 Å². The highest BCUT2D eigenvalue weighted by atomic mass is 19.1. The van der Waals surface area contributed by atoms with Gasteiger partial charge in [-0.05, 0) is 48.7 Å². The van der Waals surface area contributed by atoms with Crippen LogP contribution in [0.2, 0.25) is 0 Å². The van der Waals surface area contributed by atoms with E-state index in [4.69, 9.17) is 0 Å². The van der Waals surface area contributed by atoms with Crippen LogP contribution in [0.3, 0.4) is 0 Å². The van der Waals surface area contributed by atoms with Crippen LogP contribution in [0.5, 0.6) is 0 Å². The van der Waals surface area contributed by atoms with E-state index in [1.54, 1.807) is 19.3 Å². The Balaban J connectivity index is 1.97. The maximum atomic E-state index is 13.1. The van der Waals surface area contributed by atoms with E-state index in [0.29, 0.717) is 5.56 Å². The summed E-state index contributed by atoms with van der Waals surface area (Å²) < 4.78 is 13.1. The zero-order chi connectivity index (χ0) is 13.0. The van der Waals surface area contributed by atoms with E-state index in [1.807, 2.05) is 24.3 Å². The number of aryl methyl sites for hydroxylation is 1. The number of hydrogen-bond donors (Lipinski definition) is 1. The summed E-state index contributed by atoms with van der Waals surface area (Å²) in [6.07, 6.45) is 3.57. The van der Waals surface area contributed by atoms with Crippen LogP contribution in [0.15, 0.2) is 42.7 Å². The first-order chi connectivity index (χ1) is 8.66. The van der Waals surface area contributed by atoms with E-state index < -0.39 is 0 Å². The average Bonchev–Trinajstić information content (AvgIpc) is 2.41. The van der Waals surface area contributed by atoms with Gasteiger partial charge in [-0.1, -0.05) is 12.1 Å². The van der Waals surface area contributed by atoms with Gasteiger partial charge in [-0.2, -0.15) is 0 Å². The second-order valence-electron chi connectivity index (χ2n) is 4.47. The largest absolute Gasteiger partial charge is 0.306 e. The van der Waals surface area contributed by atoms with Crippen LogP contribution in [0.4, 0.5) is 4.39 Å². The van der Waals surface area contributed by atoms with Gasteiger partial charge >= 0.3 is 0 Å². The van der Waals surface area contributed by atoms with Gasteiger partial charge in [0.2, 0.25) is 0 Å². The molecule has 0 bridgehead atoms. The van der Waals surface area contributed by atoms with E-state index >= 15 is 0 Å². The van der Waals surface area contributed by atoms with Gasteiger partial charge in [-0.3, -0.25) is 4.98 Å². The molecular weight excluding hydrogens is 227 g/mol. The topological polar surface area (TPSA) is 24.9 Å². The molecule has 2 rings (SSSR count). The molecule has 94 valence electrons. The first-order valence-electron chi connectivity index (χ1n) is 6.05. The molecule has 18 heavy (non-hydrogen) atoms. The maximum absolute atomic E-state index is 13.1. The third kappa shape index (κ3) is 3.14. The predicted molar refractivity (Wildman–Crippen MR) is 70.6 cm³/mol. The summed E-state index contributed by atoms with van der Waals surface area (Å²) in [6.45, 7) is 4.61. The van der Waals surface area contributed by atoms with Crippen LogP contribution >= 0.6 is 0 Å². The van der Waals surface area contributed by atoms with Crippen molar-refractivity contribution in [3.05, 3.63) is 65.2 Å². The lowest BCUT2D eigenvalue weighted by Gasteiger charge is -2.14. The van der Waals surface area contributed by atoms with E-state index in [0.717, 1.165) is 12.1 Å². The molecule has 0 aliphatic heterocycles. The summed E-state index contributed by atoms with van der Waals surface area (Å²) in [6, 6.07) is 9.44. The number of nitrogens with one attached hydrogen (secondary N) is 1. The fourth-order valence-corrected chi connectivity index (χ4v) is 1.86. The fourth-order valence-electron chi connectivity index (χ4n) is 1.86. The SMILES string of the molecule is Cc1cc(CNC(C)c2ccncc2)ccc1F. The molecule has 0 amide bonds. The zero-order valence-corrected chi connectivity index (χ0v) is 10.7. The lowest BCUT2D eigenvalue weighted by Crippen LogP contribution is -2.18. The van der Waals surface area contributed by atoms with Crippen LogP contribution in [0, 0.1) is 12.7 Å². The molecule has 0 saturated carbocycles. The summed E-state index contributed by atoms with van der Waals surface area (Å²) in [5.41, 5.74) is 2.98. The van der Waals surface area contributed by atoms with Gasteiger partial charge in [0, 0.05) is 25.0 Å². The third-order valence-corrected chi connectivity index (χ3v) is 3.04. The minimum absolute atomic E-state index is 0.152. The number of pyridine rings is 1. The van der Waals surface area contributed by atoms with Gasteiger partial charge in [0.05, 0.1) is 0 Å². The van der Waals surface area contributed by atoms with Crippen LogP contribution in [0.1, 0.15) is 29.7 Å². The molecule has 0 spiro atoms. The Kier molecular flexibility index (Phi) is 4.05. The van der Waals surface area contributed by atoms with E-state index in [-0.39, 0.29) is 11.9 Å². The summed E-state index contributed by atoms with van der Waals surface area (Å²) >= 11 is 0. The molecule has 3 heteroatoms. The first-order valence-corrected chi connectivity index (χ1v) is 6.05. The highest BCUT2D eigenvalue weighted by Crippen LogP contribution is 2.13. The Labute approximate surface area is 107 Å². The van der Waals surface area contributed by atoms with Crippen LogP contribution < -0.4 is 5.32 Å². The molecule has 0 aliphatic rings. The molecule has 2 nitrogen and oxygen atoms in total. The zero-order valence-electron chi connectivity index (χ0n) is 10.7. The van der Waals surface area contributed by atoms with Crippen molar-refractivity contribution in [2.45, 2.75) is 26.4 Å². The monoisotopic (exact) mass is 244 g/mol. The fraction of sp³-hybridized carbons (Fsp3) is 0.267. The standard InChI is InChI=1S/C15H17FN2/c1-11-9-13(3-4-15(11)16)10-18-12(2)14-5-7-17-8-6-14/h3-9,12,18H,10H2,1-2H3. The Morgan fingerprint density at radius 1 is 1.22 bits per heavy atom. The quantitative estimate of drug-likeness (QED) is 0.891. The minimum Gasteiger partial charge on any atom is -0.306 e. The smallest absolute Gasteiger partial charge is 0.126 e. The van der Waals surface area contributed by atoms with Crippen molar-refractivity contribution in [1.29, 1.82) is 0 Å². The Morgan fingerprint density at radius 2 is 1.94 bits per heavy atom. The molecule has 1 aromatic carbocycles. The van der Waals surface area contributed by atoms with Gasteiger partial charge in [0.15, 0.2) is 0 Å². The first kappa shape index (κ1) is 12.7. The predicted octanol–water partition coefficient (Wildman–Crippen LogP) is 3.38. The number of aromatic nitrogens is 1. The molecule has 0 fully saturated rings. The van der Waals surface area contributed by atoms with Crippen LogP contribution in [-0.4, -0.2) is 4.98 Å². The molecule has 1 N–H and O–H groups in total. The van der Waals surface area contributed by atoms with Crippen LogP contribution in [0.25, 0.3) is 0 Å². The second-order valence-corrected chi connectivity index (χ2v) is 4.47. The normalized spacial score (nSPS) is 12.4. The van der Waals surface area contributed by atoms with E-state index in [1.165, 1.54) is 11.6 Å². The molecule has 0 radical (unpaired) electrons. The van der Waals surface area contributed by atoms with Gasteiger partial charge < -0.3 is 5.32 Å². The Bertz CT molecular complexity index is 511. The Hall–Kier alpha value is -1.74. The minimum atomic E-state index is -0.152. The molecule has 0 saturated heterocycles. The lowest BCUT2D eigenvalue weighted by molar-refractivity contribution is 0.571. The molecular formula is C15H17FN2. The summed E-state index contributed by atoms with van der Waals surface area (Å²) in [5.74, 6) is -0.152. The highest BCUT2D eigenvalue weighted by molar-refractivity contribution is 5.24. The van der Waals surface area contributed by atoms with Gasteiger partial charge in [-0.15, -0.1) is 0 Å². The van der Waals surface area contributed by atoms with Crippen molar-refractivity contribution >= 4 is 0 Å². The molecule has 2 aromatic rings. The molecule has 1 unspecified atom stereocenters. The van der Waals surface area contributed by atoms with Crippen molar-refractivity contribution < 1.29 is 4.39 Å². The average molecular weight is 244 g/mol. The van der Waals surface area contributed by atoms with Crippen molar-refractivity contribution in [3.8, 4) is 0 Å². The second kappa shape index (κ2) is 5.74.